The molecule has 1 heterocycles. The van der Waals surface area contributed by atoms with Crippen LogP contribution in [0, 0.1) is 0 Å². The molecule has 0 spiro atoms. The average molecular weight is 270 g/mol. The number of nitrogen functional groups attached to an aromatic ring is 1. The van der Waals surface area contributed by atoms with Crippen LogP contribution in [0.3, 0.4) is 0 Å². The Morgan fingerprint density at radius 3 is 2.71 bits per heavy atom. The molecule has 0 bridgehead atoms. The smallest absolute Gasteiger partial charge is 0.269 e. The van der Waals surface area contributed by atoms with Crippen LogP contribution in [-0.4, -0.2) is 9.78 Å². The normalized spacial score (nSPS) is 10.5. The van der Waals surface area contributed by atoms with E-state index in [2.05, 4.69) is 5.10 Å². The lowest BCUT2D eigenvalue weighted by Crippen LogP contribution is -2.23. The largest absolute Gasteiger partial charge is 0.397 e. The predicted molar refractivity (Wildman–Crippen MR) is 68.5 cm³/mol. The van der Waals surface area contributed by atoms with E-state index in [9.17, 15) is 4.79 Å². The SMILES string of the molecule is Nc1cnn(Cc2ccc(Cl)cc2Cl)c(=O)c1. The highest BCUT2D eigenvalue weighted by Gasteiger charge is 2.04. The lowest BCUT2D eigenvalue weighted by molar-refractivity contribution is 0.640. The Kier molecular flexibility index (Phi) is 3.36. The van der Waals surface area contributed by atoms with Crippen LogP contribution in [0.15, 0.2) is 35.3 Å². The van der Waals surface area contributed by atoms with E-state index < -0.39 is 0 Å². The first-order valence-electron chi connectivity index (χ1n) is 4.83. The molecular formula is C11H9Cl2N3O. The molecule has 1 aromatic carbocycles. The molecule has 2 rings (SSSR count). The quantitative estimate of drug-likeness (QED) is 0.909. The molecule has 2 N–H and O–H groups in total. The zero-order valence-electron chi connectivity index (χ0n) is 8.73. The van der Waals surface area contributed by atoms with E-state index in [0.29, 0.717) is 15.7 Å². The van der Waals surface area contributed by atoms with E-state index in [-0.39, 0.29) is 12.1 Å². The molecule has 0 fully saturated rings. The molecule has 4 nitrogen and oxygen atoms in total. The summed E-state index contributed by atoms with van der Waals surface area (Å²) in [5, 5.41) is 4.98. The minimum absolute atomic E-state index is 0.268. The summed E-state index contributed by atoms with van der Waals surface area (Å²) in [4.78, 5) is 11.6. The molecule has 0 saturated carbocycles. The second-order valence-electron chi connectivity index (χ2n) is 3.52. The Balaban J connectivity index is 2.35. The molecule has 0 unspecified atom stereocenters. The minimum Gasteiger partial charge on any atom is -0.397 e. The van der Waals surface area contributed by atoms with Crippen molar-refractivity contribution < 1.29 is 0 Å². The first-order chi connectivity index (χ1) is 8.06. The van der Waals surface area contributed by atoms with Gasteiger partial charge in [-0.25, -0.2) is 4.68 Å². The number of nitrogens with two attached hydrogens (primary N) is 1. The van der Waals surface area contributed by atoms with Crippen LogP contribution in [-0.2, 0) is 6.54 Å². The Labute approximate surface area is 108 Å². The number of aromatic nitrogens is 2. The summed E-state index contributed by atoms with van der Waals surface area (Å²) in [6.45, 7) is 0.287. The van der Waals surface area contributed by atoms with Gasteiger partial charge in [0.25, 0.3) is 5.56 Å². The van der Waals surface area contributed by atoms with Crippen LogP contribution < -0.4 is 11.3 Å². The van der Waals surface area contributed by atoms with E-state index in [4.69, 9.17) is 28.9 Å². The molecule has 17 heavy (non-hydrogen) atoms. The van der Waals surface area contributed by atoms with Gasteiger partial charge in [-0.15, -0.1) is 0 Å². The maximum atomic E-state index is 11.6. The Morgan fingerprint density at radius 2 is 2.06 bits per heavy atom. The number of rotatable bonds is 2. The van der Waals surface area contributed by atoms with Crippen molar-refractivity contribution in [2.24, 2.45) is 0 Å². The van der Waals surface area contributed by atoms with Crippen molar-refractivity contribution in [2.75, 3.05) is 5.73 Å². The standard InChI is InChI=1S/C11H9Cl2N3O/c12-8-2-1-7(10(13)3-8)6-16-11(17)4-9(14)5-15-16/h1-5H,6,14H2. The molecule has 88 valence electrons. The summed E-state index contributed by atoms with van der Waals surface area (Å²) in [5.74, 6) is 0. The van der Waals surface area contributed by atoms with Gasteiger partial charge in [0.15, 0.2) is 0 Å². The third kappa shape index (κ3) is 2.78. The van der Waals surface area contributed by atoms with Crippen molar-refractivity contribution in [3.63, 3.8) is 0 Å². The van der Waals surface area contributed by atoms with Gasteiger partial charge in [0, 0.05) is 16.1 Å². The van der Waals surface area contributed by atoms with Crippen LogP contribution in [0.25, 0.3) is 0 Å². The molecular weight excluding hydrogens is 261 g/mol. The number of hydrogen-bond acceptors (Lipinski definition) is 3. The van der Waals surface area contributed by atoms with Gasteiger partial charge in [0.1, 0.15) is 0 Å². The first-order valence-corrected chi connectivity index (χ1v) is 5.58. The molecule has 0 radical (unpaired) electrons. The molecule has 6 heteroatoms. The van der Waals surface area contributed by atoms with Crippen molar-refractivity contribution in [1.29, 1.82) is 0 Å². The van der Waals surface area contributed by atoms with E-state index in [1.165, 1.54) is 16.9 Å². The van der Waals surface area contributed by atoms with Crippen LogP contribution in [0.4, 0.5) is 5.69 Å². The summed E-state index contributed by atoms with van der Waals surface area (Å²) >= 11 is 11.8. The second kappa shape index (κ2) is 4.77. The highest BCUT2D eigenvalue weighted by atomic mass is 35.5. The number of halogens is 2. The van der Waals surface area contributed by atoms with Crippen molar-refractivity contribution in [2.45, 2.75) is 6.54 Å². The number of benzene rings is 1. The third-order valence-corrected chi connectivity index (χ3v) is 2.81. The van der Waals surface area contributed by atoms with Crippen LogP contribution >= 0.6 is 23.2 Å². The van der Waals surface area contributed by atoms with Gasteiger partial charge in [-0.1, -0.05) is 29.3 Å². The first kappa shape index (κ1) is 12.0. The third-order valence-electron chi connectivity index (χ3n) is 2.23. The minimum atomic E-state index is -0.268. The Hall–Kier alpha value is -1.52. The fourth-order valence-corrected chi connectivity index (χ4v) is 1.85. The van der Waals surface area contributed by atoms with Gasteiger partial charge < -0.3 is 5.73 Å². The summed E-state index contributed by atoms with van der Waals surface area (Å²) < 4.78 is 1.28. The van der Waals surface area contributed by atoms with Crippen molar-refractivity contribution in [1.82, 2.24) is 9.78 Å². The van der Waals surface area contributed by atoms with Crippen molar-refractivity contribution in [3.8, 4) is 0 Å². The van der Waals surface area contributed by atoms with E-state index in [1.807, 2.05) is 0 Å². The average Bonchev–Trinajstić information content (AvgIpc) is 2.25. The van der Waals surface area contributed by atoms with E-state index in [0.717, 1.165) is 5.56 Å². The molecule has 0 atom stereocenters. The topological polar surface area (TPSA) is 60.9 Å². The van der Waals surface area contributed by atoms with Gasteiger partial charge >= 0.3 is 0 Å². The molecule has 0 amide bonds. The highest BCUT2D eigenvalue weighted by Crippen LogP contribution is 2.21. The lowest BCUT2D eigenvalue weighted by Gasteiger charge is -2.06. The van der Waals surface area contributed by atoms with Gasteiger partial charge in [-0.2, -0.15) is 5.10 Å². The van der Waals surface area contributed by atoms with E-state index in [1.54, 1.807) is 18.2 Å². The van der Waals surface area contributed by atoms with E-state index >= 15 is 0 Å². The molecule has 0 aliphatic carbocycles. The van der Waals surface area contributed by atoms with Gasteiger partial charge in [-0.05, 0) is 17.7 Å². The van der Waals surface area contributed by atoms with Crippen LogP contribution in [0.1, 0.15) is 5.56 Å². The Bertz CT molecular complexity index is 610. The predicted octanol–water partition coefficient (Wildman–Crippen LogP) is 2.18. The lowest BCUT2D eigenvalue weighted by atomic mass is 10.2. The van der Waals surface area contributed by atoms with Crippen molar-refractivity contribution in [3.05, 3.63) is 56.4 Å². The van der Waals surface area contributed by atoms with Crippen molar-refractivity contribution >= 4 is 28.9 Å². The maximum absolute atomic E-state index is 11.6. The zero-order valence-corrected chi connectivity index (χ0v) is 10.2. The summed E-state index contributed by atoms with van der Waals surface area (Å²) in [6.07, 6.45) is 1.42. The summed E-state index contributed by atoms with van der Waals surface area (Å²) in [6, 6.07) is 6.41. The fourth-order valence-electron chi connectivity index (χ4n) is 1.38. The van der Waals surface area contributed by atoms with Gasteiger partial charge in [0.2, 0.25) is 0 Å². The molecule has 1 aromatic heterocycles. The van der Waals surface area contributed by atoms with Gasteiger partial charge in [-0.3, -0.25) is 4.79 Å². The second-order valence-corrected chi connectivity index (χ2v) is 4.36. The molecule has 0 aliphatic rings. The molecule has 0 aliphatic heterocycles. The number of anilines is 1. The summed E-state index contributed by atoms with van der Waals surface area (Å²) in [5.41, 5.74) is 6.30. The monoisotopic (exact) mass is 269 g/mol. The number of hydrogen-bond donors (Lipinski definition) is 1. The molecule has 0 saturated heterocycles. The molecule has 2 aromatic rings. The number of nitrogens with zero attached hydrogens (tertiary/aromatic N) is 2. The Morgan fingerprint density at radius 1 is 1.29 bits per heavy atom. The van der Waals surface area contributed by atoms with Gasteiger partial charge in [0.05, 0.1) is 18.4 Å². The van der Waals surface area contributed by atoms with Crippen LogP contribution in [0.2, 0.25) is 10.0 Å². The maximum Gasteiger partial charge on any atom is 0.269 e. The fraction of sp³-hybridized carbons (Fsp3) is 0.0909. The van der Waals surface area contributed by atoms with Crippen LogP contribution in [0.5, 0.6) is 0 Å². The highest BCUT2D eigenvalue weighted by molar-refractivity contribution is 6.35. The zero-order chi connectivity index (χ0) is 12.4. The summed E-state index contributed by atoms with van der Waals surface area (Å²) in [7, 11) is 0.